The van der Waals surface area contributed by atoms with Gasteiger partial charge in [0.15, 0.2) is 0 Å². The van der Waals surface area contributed by atoms with Crippen molar-refractivity contribution in [1.29, 1.82) is 0 Å². The number of imidazole rings is 1. The molecule has 5 nitrogen and oxygen atoms in total. The van der Waals surface area contributed by atoms with Gasteiger partial charge in [-0.2, -0.15) is 0 Å². The molecule has 0 saturated heterocycles. The van der Waals surface area contributed by atoms with Crippen LogP contribution in [0.4, 0.5) is 0 Å². The molecular weight excluding hydrogens is 194 g/mol. The van der Waals surface area contributed by atoms with Crippen molar-refractivity contribution >= 4 is 18.4 Å². The average Bonchev–Trinajstić information content (AvgIpc) is 2.37. The van der Waals surface area contributed by atoms with Crippen molar-refractivity contribution < 1.29 is 9.90 Å². The maximum atomic E-state index is 10.2. The Hall–Kier alpha value is -1.07. The topological polar surface area (TPSA) is 92.0 Å². The summed E-state index contributed by atoms with van der Waals surface area (Å²) in [6, 6.07) is -0.344. The molecule has 4 N–H and O–H groups in total. The molecule has 1 atom stereocenters. The Morgan fingerprint density at radius 1 is 1.77 bits per heavy atom. The van der Waals surface area contributed by atoms with Gasteiger partial charge >= 0.3 is 5.97 Å². The maximum Gasteiger partial charge on any atom is 0.304 e. The van der Waals surface area contributed by atoms with Gasteiger partial charge in [-0.05, 0) is 0 Å². The molecule has 0 aromatic carbocycles. The summed E-state index contributed by atoms with van der Waals surface area (Å²) in [6.07, 6.45) is 3.69. The summed E-state index contributed by atoms with van der Waals surface area (Å²) in [6.45, 7) is 0. The van der Waals surface area contributed by atoms with Crippen LogP contribution in [0.3, 0.4) is 0 Å². The van der Waals surface area contributed by atoms with E-state index in [1.54, 1.807) is 12.5 Å². The van der Waals surface area contributed by atoms with Gasteiger partial charge in [0.2, 0.25) is 0 Å². The van der Waals surface area contributed by atoms with E-state index in [4.69, 9.17) is 10.8 Å². The SMILES string of the molecule is Cl.NC(CC(=O)O)Cc1cnc[nH]1. The van der Waals surface area contributed by atoms with Crippen LogP contribution in [-0.4, -0.2) is 27.1 Å². The number of nitrogens with zero attached hydrogens (tertiary/aromatic N) is 1. The summed E-state index contributed by atoms with van der Waals surface area (Å²) >= 11 is 0. The Kier molecular flexibility index (Phi) is 5.10. The first-order valence-corrected chi connectivity index (χ1v) is 3.63. The molecule has 0 aliphatic carbocycles. The summed E-state index contributed by atoms with van der Waals surface area (Å²) in [5, 5.41) is 8.41. The van der Waals surface area contributed by atoms with Crippen LogP contribution in [0.5, 0.6) is 0 Å². The first-order chi connectivity index (χ1) is 5.68. The third kappa shape index (κ3) is 4.49. The van der Waals surface area contributed by atoms with Crippen molar-refractivity contribution in [3.63, 3.8) is 0 Å². The number of hydrogen-bond donors (Lipinski definition) is 3. The quantitative estimate of drug-likeness (QED) is 0.654. The minimum atomic E-state index is -0.873. The normalized spacial score (nSPS) is 11.8. The molecule has 0 radical (unpaired) electrons. The lowest BCUT2D eigenvalue weighted by Gasteiger charge is -2.05. The molecule has 1 aromatic rings. The molecular formula is C7H12ClN3O2. The highest BCUT2D eigenvalue weighted by Gasteiger charge is 2.08. The first kappa shape index (κ1) is 11.9. The number of nitrogens with two attached hydrogens (primary N) is 1. The number of nitrogens with one attached hydrogen (secondary N) is 1. The van der Waals surface area contributed by atoms with E-state index in [-0.39, 0.29) is 24.9 Å². The van der Waals surface area contributed by atoms with Crippen LogP contribution < -0.4 is 5.73 Å². The van der Waals surface area contributed by atoms with Gasteiger partial charge in [0.05, 0.1) is 12.7 Å². The highest BCUT2D eigenvalue weighted by atomic mass is 35.5. The molecule has 13 heavy (non-hydrogen) atoms. The standard InChI is InChI=1S/C7H11N3O2.ClH/c8-5(2-7(11)12)1-6-3-9-4-10-6;/h3-5H,1-2,8H2,(H,9,10)(H,11,12);1H. The predicted molar refractivity (Wildman–Crippen MR) is 49.8 cm³/mol. The Balaban J connectivity index is 0.00000144. The summed E-state index contributed by atoms with van der Waals surface area (Å²) in [5.74, 6) is -0.873. The summed E-state index contributed by atoms with van der Waals surface area (Å²) in [5.41, 5.74) is 6.40. The minimum Gasteiger partial charge on any atom is -0.481 e. The molecule has 0 aliphatic rings. The van der Waals surface area contributed by atoms with E-state index < -0.39 is 5.97 Å². The molecule has 0 fully saturated rings. The molecule has 0 spiro atoms. The summed E-state index contributed by atoms with van der Waals surface area (Å²) in [7, 11) is 0. The Morgan fingerprint density at radius 3 is 2.92 bits per heavy atom. The highest BCUT2D eigenvalue weighted by Crippen LogP contribution is 1.99. The first-order valence-electron chi connectivity index (χ1n) is 3.63. The molecule has 1 aromatic heterocycles. The van der Waals surface area contributed by atoms with Crippen molar-refractivity contribution in [3.05, 3.63) is 18.2 Å². The van der Waals surface area contributed by atoms with E-state index in [1.807, 2.05) is 0 Å². The van der Waals surface area contributed by atoms with Crippen LogP contribution in [0.2, 0.25) is 0 Å². The highest BCUT2D eigenvalue weighted by molar-refractivity contribution is 5.85. The van der Waals surface area contributed by atoms with E-state index in [1.165, 1.54) is 0 Å². The van der Waals surface area contributed by atoms with E-state index in [0.29, 0.717) is 6.42 Å². The van der Waals surface area contributed by atoms with E-state index in [9.17, 15) is 4.79 Å². The summed E-state index contributed by atoms with van der Waals surface area (Å²) in [4.78, 5) is 16.9. The van der Waals surface area contributed by atoms with E-state index in [2.05, 4.69) is 9.97 Å². The number of rotatable bonds is 4. The van der Waals surface area contributed by atoms with Gasteiger partial charge in [-0.25, -0.2) is 4.98 Å². The van der Waals surface area contributed by atoms with Gasteiger partial charge < -0.3 is 15.8 Å². The molecule has 1 unspecified atom stereocenters. The third-order valence-corrected chi connectivity index (χ3v) is 1.47. The van der Waals surface area contributed by atoms with Gasteiger partial charge in [0, 0.05) is 24.4 Å². The summed E-state index contributed by atoms with van der Waals surface area (Å²) < 4.78 is 0. The molecule has 74 valence electrons. The van der Waals surface area contributed by atoms with Crippen molar-refractivity contribution in [2.45, 2.75) is 18.9 Å². The van der Waals surface area contributed by atoms with Crippen LogP contribution >= 0.6 is 12.4 Å². The van der Waals surface area contributed by atoms with Gasteiger partial charge in [-0.1, -0.05) is 0 Å². The number of aliphatic carboxylic acids is 1. The zero-order valence-electron chi connectivity index (χ0n) is 6.93. The Bertz CT molecular complexity index is 250. The van der Waals surface area contributed by atoms with Crippen molar-refractivity contribution in [3.8, 4) is 0 Å². The third-order valence-electron chi connectivity index (χ3n) is 1.47. The fourth-order valence-electron chi connectivity index (χ4n) is 0.975. The second-order valence-electron chi connectivity index (χ2n) is 2.64. The Morgan fingerprint density at radius 2 is 2.46 bits per heavy atom. The molecule has 1 rings (SSSR count). The van der Waals surface area contributed by atoms with Crippen LogP contribution in [-0.2, 0) is 11.2 Å². The number of carboxylic acids is 1. The smallest absolute Gasteiger partial charge is 0.304 e. The van der Waals surface area contributed by atoms with Crippen molar-refractivity contribution in [1.82, 2.24) is 9.97 Å². The van der Waals surface area contributed by atoms with E-state index in [0.717, 1.165) is 5.69 Å². The molecule has 0 bridgehead atoms. The maximum absolute atomic E-state index is 10.2. The zero-order chi connectivity index (χ0) is 8.97. The van der Waals surface area contributed by atoms with Crippen molar-refractivity contribution in [2.75, 3.05) is 0 Å². The van der Waals surface area contributed by atoms with Gasteiger partial charge in [0.1, 0.15) is 0 Å². The lowest BCUT2D eigenvalue weighted by atomic mass is 10.1. The molecule has 0 amide bonds. The van der Waals surface area contributed by atoms with Gasteiger partial charge in [-0.15, -0.1) is 12.4 Å². The number of aromatic amines is 1. The number of carboxylic acid groups (broad SMARTS) is 1. The average molecular weight is 206 g/mol. The minimum absolute atomic E-state index is 0. The lowest BCUT2D eigenvalue weighted by Crippen LogP contribution is -2.26. The fourth-order valence-corrected chi connectivity index (χ4v) is 0.975. The number of carbonyl (C=O) groups is 1. The number of hydrogen-bond acceptors (Lipinski definition) is 3. The molecule has 0 saturated carbocycles. The monoisotopic (exact) mass is 205 g/mol. The second kappa shape index (κ2) is 5.55. The Labute approximate surface area is 81.8 Å². The van der Waals surface area contributed by atoms with Crippen LogP contribution in [0.1, 0.15) is 12.1 Å². The van der Waals surface area contributed by atoms with Crippen molar-refractivity contribution in [2.24, 2.45) is 5.73 Å². The molecule has 0 aliphatic heterocycles. The number of aromatic nitrogens is 2. The predicted octanol–water partition coefficient (Wildman–Crippen LogP) is 0.176. The zero-order valence-corrected chi connectivity index (χ0v) is 7.75. The van der Waals surface area contributed by atoms with Crippen LogP contribution in [0.15, 0.2) is 12.5 Å². The number of halogens is 1. The van der Waals surface area contributed by atoms with Crippen LogP contribution in [0.25, 0.3) is 0 Å². The lowest BCUT2D eigenvalue weighted by molar-refractivity contribution is -0.137. The molecule has 6 heteroatoms. The molecule has 1 heterocycles. The number of H-pyrrole nitrogens is 1. The fraction of sp³-hybridized carbons (Fsp3) is 0.429. The van der Waals surface area contributed by atoms with E-state index >= 15 is 0 Å². The second-order valence-corrected chi connectivity index (χ2v) is 2.64. The van der Waals surface area contributed by atoms with Gasteiger partial charge in [-0.3, -0.25) is 4.79 Å². The van der Waals surface area contributed by atoms with Crippen LogP contribution in [0, 0.1) is 0 Å². The van der Waals surface area contributed by atoms with Gasteiger partial charge in [0.25, 0.3) is 0 Å². The largest absolute Gasteiger partial charge is 0.481 e.